The summed E-state index contributed by atoms with van der Waals surface area (Å²) in [6, 6.07) is 0. The smallest absolute Gasteiger partial charge is 0.237 e. The number of nitrogens with two attached hydrogens (primary N) is 1. The van der Waals surface area contributed by atoms with Gasteiger partial charge in [-0.1, -0.05) is 12.2 Å². The average molecular weight is 182 g/mol. The van der Waals surface area contributed by atoms with Crippen LogP contribution in [-0.4, -0.2) is 30.3 Å². The highest BCUT2D eigenvalue weighted by atomic mass is 15.5. The highest BCUT2D eigenvalue weighted by Crippen LogP contribution is 1.92. The van der Waals surface area contributed by atoms with Crippen LogP contribution in [0.2, 0.25) is 0 Å². The molecule has 2 N–H and O–H groups in total. The van der Waals surface area contributed by atoms with Crippen molar-refractivity contribution < 1.29 is 0 Å². The average Bonchev–Trinajstić information content (AvgIpc) is 1.80. The van der Waals surface area contributed by atoms with Gasteiger partial charge in [0.2, 0.25) is 5.96 Å². The van der Waals surface area contributed by atoms with Crippen LogP contribution in [-0.2, 0) is 0 Å². The summed E-state index contributed by atoms with van der Waals surface area (Å²) >= 11 is 0. The van der Waals surface area contributed by atoms with Crippen molar-refractivity contribution in [3.8, 4) is 0 Å². The van der Waals surface area contributed by atoms with E-state index < -0.39 is 0 Å². The van der Waals surface area contributed by atoms with Crippen molar-refractivity contribution in [3.05, 3.63) is 12.2 Å². The Morgan fingerprint density at radius 1 is 1.38 bits per heavy atom. The first kappa shape index (κ1) is 11.7. The second-order valence-corrected chi connectivity index (χ2v) is 3.29. The summed E-state index contributed by atoms with van der Waals surface area (Å²) in [6.07, 6.45) is 0. The zero-order chi connectivity index (χ0) is 10.4. The maximum atomic E-state index is 5.54. The fraction of sp³-hybridized carbons (Fsp3) is 0.556. The topological polar surface area (TPSA) is 54.0 Å². The highest BCUT2D eigenvalue weighted by molar-refractivity contribution is 5.93. The molecule has 0 unspecified atom stereocenters. The number of hydrazone groups is 1. The Morgan fingerprint density at radius 3 is 2.31 bits per heavy atom. The lowest BCUT2D eigenvalue weighted by atomic mass is 10.3. The molecule has 0 fully saturated rings. The van der Waals surface area contributed by atoms with Crippen molar-refractivity contribution >= 4 is 11.7 Å². The minimum atomic E-state index is 0.281. The molecule has 0 saturated carbocycles. The number of aliphatic imine (C=N–C) groups is 1. The van der Waals surface area contributed by atoms with Gasteiger partial charge in [0.1, 0.15) is 0 Å². The fourth-order valence-corrected chi connectivity index (χ4v) is 0.852. The van der Waals surface area contributed by atoms with Crippen LogP contribution in [0, 0.1) is 0 Å². The molecule has 13 heavy (non-hydrogen) atoms. The van der Waals surface area contributed by atoms with Crippen molar-refractivity contribution in [2.24, 2.45) is 15.8 Å². The summed E-state index contributed by atoms with van der Waals surface area (Å²) < 4.78 is 0. The molecule has 0 aromatic carbocycles. The van der Waals surface area contributed by atoms with Crippen molar-refractivity contribution in [1.82, 2.24) is 5.01 Å². The van der Waals surface area contributed by atoms with Crippen molar-refractivity contribution in [3.63, 3.8) is 0 Å². The summed E-state index contributed by atoms with van der Waals surface area (Å²) in [6.45, 7) is 10.2. The van der Waals surface area contributed by atoms with E-state index in [1.54, 1.807) is 5.01 Å². The van der Waals surface area contributed by atoms with Crippen LogP contribution >= 0.6 is 0 Å². The molecule has 0 aliphatic rings. The number of rotatable bonds is 3. The summed E-state index contributed by atoms with van der Waals surface area (Å²) in [5.74, 6) is 0.281. The molecule has 0 aromatic heterocycles. The molecule has 0 rings (SSSR count). The van der Waals surface area contributed by atoms with E-state index in [4.69, 9.17) is 5.73 Å². The van der Waals surface area contributed by atoms with Gasteiger partial charge in [-0.15, -0.1) is 5.10 Å². The van der Waals surface area contributed by atoms with Crippen LogP contribution in [0.15, 0.2) is 22.2 Å². The quantitative estimate of drug-likeness (QED) is 0.308. The van der Waals surface area contributed by atoms with E-state index in [9.17, 15) is 0 Å². The molecule has 4 heteroatoms. The van der Waals surface area contributed by atoms with Gasteiger partial charge in [0.05, 0.1) is 6.54 Å². The molecule has 0 saturated heterocycles. The van der Waals surface area contributed by atoms with Gasteiger partial charge in [0, 0.05) is 12.8 Å². The normalized spacial score (nSPS) is 10.9. The Bertz CT molecular complexity index is 236. The van der Waals surface area contributed by atoms with Crippen LogP contribution in [0.4, 0.5) is 0 Å². The molecular formula is C9H18N4. The van der Waals surface area contributed by atoms with Gasteiger partial charge in [-0.05, 0) is 20.8 Å². The summed E-state index contributed by atoms with van der Waals surface area (Å²) in [5.41, 5.74) is 7.47. The third kappa shape index (κ3) is 7.05. The molecule has 0 atom stereocenters. The summed E-state index contributed by atoms with van der Waals surface area (Å²) in [4.78, 5) is 4.00. The van der Waals surface area contributed by atoms with Crippen LogP contribution in [0.25, 0.3) is 0 Å². The number of guanidine groups is 1. The Morgan fingerprint density at radius 2 is 1.92 bits per heavy atom. The van der Waals surface area contributed by atoms with Gasteiger partial charge in [-0.2, -0.15) is 0 Å². The van der Waals surface area contributed by atoms with E-state index in [1.807, 2.05) is 27.8 Å². The van der Waals surface area contributed by atoms with Crippen molar-refractivity contribution in [2.75, 3.05) is 13.6 Å². The van der Waals surface area contributed by atoms with Gasteiger partial charge in [-0.3, -0.25) is 5.01 Å². The summed E-state index contributed by atoms with van der Waals surface area (Å²) in [7, 11) is 1.84. The molecular weight excluding hydrogens is 164 g/mol. The van der Waals surface area contributed by atoms with Crippen LogP contribution in [0.5, 0.6) is 0 Å². The van der Waals surface area contributed by atoms with Gasteiger partial charge in [-0.25, -0.2) is 4.99 Å². The predicted octanol–water partition coefficient (Wildman–Crippen LogP) is 1.20. The van der Waals surface area contributed by atoms with Crippen LogP contribution in [0.1, 0.15) is 20.8 Å². The number of hydrogen-bond donors (Lipinski definition) is 1. The lowest BCUT2D eigenvalue weighted by molar-refractivity contribution is 0.385. The molecule has 0 aliphatic heterocycles. The molecule has 0 bridgehead atoms. The molecule has 0 aromatic rings. The Hall–Kier alpha value is -1.32. The Kier molecular flexibility index (Phi) is 4.80. The van der Waals surface area contributed by atoms with E-state index >= 15 is 0 Å². The van der Waals surface area contributed by atoms with E-state index in [-0.39, 0.29) is 5.96 Å². The van der Waals surface area contributed by atoms with Gasteiger partial charge >= 0.3 is 0 Å². The van der Waals surface area contributed by atoms with E-state index in [0.29, 0.717) is 6.54 Å². The third-order valence-corrected chi connectivity index (χ3v) is 1.11. The largest absolute Gasteiger partial charge is 0.367 e. The number of likely N-dealkylation sites (N-methyl/N-ethyl adjacent to an activating group) is 1. The minimum Gasteiger partial charge on any atom is -0.367 e. The first-order valence-corrected chi connectivity index (χ1v) is 4.13. The zero-order valence-corrected chi connectivity index (χ0v) is 8.83. The molecule has 0 radical (unpaired) electrons. The molecule has 4 nitrogen and oxygen atoms in total. The van der Waals surface area contributed by atoms with E-state index in [1.165, 1.54) is 0 Å². The maximum absolute atomic E-state index is 5.54. The molecule has 74 valence electrons. The third-order valence-electron chi connectivity index (χ3n) is 1.11. The fourth-order valence-electron chi connectivity index (χ4n) is 0.852. The number of nitrogens with zero attached hydrogens (tertiary/aromatic N) is 3. The lowest BCUT2D eigenvalue weighted by Gasteiger charge is -2.12. The lowest BCUT2D eigenvalue weighted by Crippen LogP contribution is -2.20. The van der Waals surface area contributed by atoms with E-state index in [2.05, 4.69) is 16.7 Å². The SMILES string of the molecule is C=C(C)CN(C)/N=C(/N)N=C(C)C. The molecule has 0 spiro atoms. The highest BCUT2D eigenvalue weighted by Gasteiger charge is 1.94. The van der Waals surface area contributed by atoms with Gasteiger partial charge < -0.3 is 5.73 Å². The van der Waals surface area contributed by atoms with Crippen molar-refractivity contribution in [2.45, 2.75) is 20.8 Å². The van der Waals surface area contributed by atoms with Crippen LogP contribution < -0.4 is 5.73 Å². The minimum absolute atomic E-state index is 0.281. The standard InChI is InChI=1S/C9H18N4/c1-7(2)6-13(5)12-9(10)11-8(3)4/h1,6H2,2-5H3,(H2,10,12). The first-order chi connectivity index (χ1) is 5.91. The maximum Gasteiger partial charge on any atom is 0.237 e. The Labute approximate surface area is 79.8 Å². The summed E-state index contributed by atoms with van der Waals surface area (Å²) in [5, 5.41) is 5.75. The molecule has 0 heterocycles. The Balaban J connectivity index is 4.22. The molecule has 0 amide bonds. The first-order valence-electron chi connectivity index (χ1n) is 4.13. The van der Waals surface area contributed by atoms with E-state index in [0.717, 1.165) is 11.3 Å². The second kappa shape index (κ2) is 5.35. The van der Waals surface area contributed by atoms with Gasteiger partial charge in [0.15, 0.2) is 0 Å². The monoisotopic (exact) mass is 182 g/mol. The van der Waals surface area contributed by atoms with Crippen molar-refractivity contribution in [1.29, 1.82) is 0 Å². The second-order valence-electron chi connectivity index (χ2n) is 3.29. The predicted molar refractivity (Wildman–Crippen MR) is 57.8 cm³/mol. The van der Waals surface area contributed by atoms with Crippen LogP contribution in [0.3, 0.4) is 0 Å². The van der Waals surface area contributed by atoms with Gasteiger partial charge in [0.25, 0.3) is 0 Å². The number of hydrogen-bond acceptors (Lipinski definition) is 2. The molecule has 0 aliphatic carbocycles. The zero-order valence-electron chi connectivity index (χ0n) is 8.83.